The molecule has 1 atom stereocenters. The van der Waals surface area contributed by atoms with Crippen LogP contribution in [0.2, 0.25) is 0 Å². The van der Waals surface area contributed by atoms with Crippen molar-refractivity contribution in [3.63, 3.8) is 0 Å². The number of piperidine rings is 1. The van der Waals surface area contributed by atoms with Gasteiger partial charge in [0.15, 0.2) is 0 Å². The van der Waals surface area contributed by atoms with Gasteiger partial charge in [0.2, 0.25) is 0 Å². The molecule has 1 aromatic rings. The Kier molecular flexibility index (Phi) is 4.20. The molecule has 1 N–H and O–H groups in total. The molecular weight excluding hydrogens is 230 g/mol. The number of rotatable bonds is 3. The number of methoxy groups -OCH3 is 1. The second-order valence-electron chi connectivity index (χ2n) is 4.56. The topological polar surface area (TPSA) is 49.8 Å². The summed E-state index contributed by atoms with van der Waals surface area (Å²) >= 11 is 0. The van der Waals surface area contributed by atoms with Gasteiger partial charge in [-0.3, -0.25) is 4.79 Å². The molecule has 1 aliphatic rings. The minimum Gasteiger partial charge on any atom is -0.497 e. The van der Waals surface area contributed by atoms with Crippen LogP contribution in [0.1, 0.15) is 29.6 Å². The van der Waals surface area contributed by atoms with Gasteiger partial charge in [0.1, 0.15) is 5.75 Å². The quantitative estimate of drug-likeness (QED) is 0.886. The molecule has 18 heavy (non-hydrogen) atoms. The predicted molar refractivity (Wildman–Crippen MR) is 68.8 cm³/mol. The zero-order valence-electron chi connectivity index (χ0n) is 10.6. The number of nitrogens with zero attached hydrogens (tertiary/aromatic N) is 1. The average Bonchev–Trinajstić information content (AvgIpc) is 2.46. The minimum absolute atomic E-state index is 0.00333. The molecule has 1 aromatic carbocycles. The maximum absolute atomic E-state index is 12.3. The van der Waals surface area contributed by atoms with Gasteiger partial charge in [-0.2, -0.15) is 0 Å². The fraction of sp³-hybridized carbons (Fsp3) is 0.500. The van der Waals surface area contributed by atoms with Crippen molar-refractivity contribution in [1.29, 1.82) is 0 Å². The molecular formula is C14H19NO3. The summed E-state index contributed by atoms with van der Waals surface area (Å²) in [5.74, 6) is 0.736. The van der Waals surface area contributed by atoms with Crippen LogP contribution in [0.25, 0.3) is 0 Å². The van der Waals surface area contributed by atoms with Gasteiger partial charge in [0, 0.05) is 12.1 Å². The van der Waals surface area contributed by atoms with E-state index in [9.17, 15) is 9.90 Å². The first-order chi connectivity index (χ1) is 8.76. The number of likely N-dealkylation sites (tertiary alicyclic amines) is 1. The molecule has 4 nitrogen and oxygen atoms in total. The highest BCUT2D eigenvalue weighted by Crippen LogP contribution is 2.20. The van der Waals surface area contributed by atoms with E-state index in [1.807, 2.05) is 0 Å². The Balaban J connectivity index is 2.13. The van der Waals surface area contributed by atoms with Crippen molar-refractivity contribution in [3.05, 3.63) is 29.8 Å². The monoisotopic (exact) mass is 249 g/mol. The van der Waals surface area contributed by atoms with E-state index in [-0.39, 0.29) is 18.6 Å². The van der Waals surface area contributed by atoms with Crippen LogP contribution in [0.3, 0.4) is 0 Å². The number of carbonyl (C=O) groups is 1. The Morgan fingerprint density at radius 1 is 1.39 bits per heavy atom. The molecule has 0 radical (unpaired) electrons. The molecule has 0 aromatic heterocycles. The summed E-state index contributed by atoms with van der Waals surface area (Å²) < 4.78 is 5.07. The van der Waals surface area contributed by atoms with Gasteiger partial charge in [-0.05, 0) is 43.5 Å². The Morgan fingerprint density at radius 3 is 2.72 bits per heavy atom. The van der Waals surface area contributed by atoms with Gasteiger partial charge in [0.05, 0.1) is 19.8 Å². The van der Waals surface area contributed by atoms with Crippen LogP contribution in [0.15, 0.2) is 24.3 Å². The standard InChI is InChI=1S/C14H19NO3/c1-18-13-7-5-11(6-8-13)14(17)15-9-3-2-4-12(15)10-16/h5-8,12,16H,2-4,9-10H2,1H3/t12-/m0/s1. The first-order valence-corrected chi connectivity index (χ1v) is 6.32. The number of benzene rings is 1. The number of hydrogen-bond acceptors (Lipinski definition) is 3. The third-order valence-corrected chi connectivity index (χ3v) is 3.44. The largest absolute Gasteiger partial charge is 0.497 e. The molecule has 2 rings (SSSR count). The van der Waals surface area contributed by atoms with Gasteiger partial charge in [-0.15, -0.1) is 0 Å². The molecule has 0 aliphatic carbocycles. The number of aliphatic hydroxyl groups is 1. The van der Waals surface area contributed by atoms with Crippen LogP contribution in [0, 0.1) is 0 Å². The zero-order chi connectivity index (χ0) is 13.0. The SMILES string of the molecule is COc1ccc(C(=O)N2CCCC[C@H]2CO)cc1. The highest BCUT2D eigenvalue weighted by atomic mass is 16.5. The fourth-order valence-corrected chi connectivity index (χ4v) is 2.36. The summed E-state index contributed by atoms with van der Waals surface area (Å²) in [6, 6.07) is 7.07. The van der Waals surface area contributed by atoms with Crippen LogP contribution >= 0.6 is 0 Å². The second kappa shape index (κ2) is 5.87. The summed E-state index contributed by atoms with van der Waals surface area (Å²) in [4.78, 5) is 14.1. The molecule has 0 spiro atoms. The lowest BCUT2D eigenvalue weighted by Gasteiger charge is -2.34. The normalized spacial score (nSPS) is 19.7. The molecule has 1 heterocycles. The lowest BCUT2D eigenvalue weighted by Crippen LogP contribution is -2.45. The Bertz CT molecular complexity index is 402. The fourth-order valence-electron chi connectivity index (χ4n) is 2.36. The maximum Gasteiger partial charge on any atom is 0.254 e. The Hall–Kier alpha value is -1.55. The van der Waals surface area contributed by atoms with Gasteiger partial charge < -0.3 is 14.7 Å². The van der Waals surface area contributed by atoms with E-state index in [1.54, 1.807) is 36.3 Å². The third kappa shape index (κ3) is 2.64. The van der Waals surface area contributed by atoms with Crippen molar-refractivity contribution in [2.75, 3.05) is 20.3 Å². The first kappa shape index (κ1) is 12.9. The van der Waals surface area contributed by atoms with Crippen molar-refractivity contribution >= 4 is 5.91 Å². The van der Waals surface area contributed by atoms with Gasteiger partial charge >= 0.3 is 0 Å². The van der Waals surface area contributed by atoms with Crippen LogP contribution in [-0.2, 0) is 0 Å². The van der Waals surface area contributed by atoms with Crippen molar-refractivity contribution in [1.82, 2.24) is 4.90 Å². The van der Waals surface area contributed by atoms with Crippen molar-refractivity contribution < 1.29 is 14.6 Å². The minimum atomic E-state index is -0.0339. The van der Waals surface area contributed by atoms with Crippen molar-refractivity contribution in [2.24, 2.45) is 0 Å². The van der Waals surface area contributed by atoms with Crippen LogP contribution < -0.4 is 4.74 Å². The van der Waals surface area contributed by atoms with E-state index in [1.165, 1.54) is 0 Å². The van der Waals surface area contributed by atoms with E-state index in [2.05, 4.69) is 0 Å². The summed E-state index contributed by atoms with van der Waals surface area (Å²) in [7, 11) is 1.60. The molecule has 1 saturated heterocycles. The summed E-state index contributed by atoms with van der Waals surface area (Å²) in [5.41, 5.74) is 0.649. The number of hydrogen-bond donors (Lipinski definition) is 1. The lowest BCUT2D eigenvalue weighted by atomic mass is 10.0. The Labute approximate surface area is 107 Å². The van der Waals surface area contributed by atoms with Gasteiger partial charge in [-0.25, -0.2) is 0 Å². The summed E-state index contributed by atoms with van der Waals surface area (Å²) in [5, 5.41) is 9.33. The van der Waals surface area contributed by atoms with Crippen molar-refractivity contribution in [3.8, 4) is 5.75 Å². The van der Waals surface area contributed by atoms with Crippen LogP contribution in [0.5, 0.6) is 5.75 Å². The molecule has 0 saturated carbocycles. The summed E-state index contributed by atoms with van der Waals surface area (Å²) in [6.45, 7) is 0.776. The maximum atomic E-state index is 12.3. The zero-order valence-corrected chi connectivity index (χ0v) is 10.6. The molecule has 0 unspecified atom stereocenters. The van der Waals surface area contributed by atoms with E-state index < -0.39 is 0 Å². The number of amides is 1. The molecule has 98 valence electrons. The third-order valence-electron chi connectivity index (χ3n) is 3.44. The highest BCUT2D eigenvalue weighted by molar-refractivity contribution is 5.94. The average molecular weight is 249 g/mol. The smallest absolute Gasteiger partial charge is 0.254 e. The van der Waals surface area contributed by atoms with Gasteiger partial charge in [0.25, 0.3) is 5.91 Å². The molecule has 4 heteroatoms. The van der Waals surface area contributed by atoms with Gasteiger partial charge in [-0.1, -0.05) is 0 Å². The first-order valence-electron chi connectivity index (χ1n) is 6.32. The Morgan fingerprint density at radius 2 is 2.11 bits per heavy atom. The number of aliphatic hydroxyl groups excluding tert-OH is 1. The molecule has 1 fully saturated rings. The van der Waals surface area contributed by atoms with E-state index >= 15 is 0 Å². The number of carbonyl (C=O) groups excluding carboxylic acids is 1. The van der Waals surface area contributed by atoms with E-state index in [0.29, 0.717) is 5.56 Å². The predicted octanol–water partition coefficient (Wildman–Crippen LogP) is 1.68. The molecule has 0 bridgehead atoms. The van der Waals surface area contributed by atoms with Crippen molar-refractivity contribution in [2.45, 2.75) is 25.3 Å². The number of ether oxygens (including phenoxy) is 1. The van der Waals surface area contributed by atoms with Crippen LogP contribution in [0.4, 0.5) is 0 Å². The van der Waals surface area contributed by atoms with E-state index in [4.69, 9.17) is 4.74 Å². The molecule has 1 aliphatic heterocycles. The lowest BCUT2D eigenvalue weighted by molar-refractivity contribution is 0.0503. The highest BCUT2D eigenvalue weighted by Gasteiger charge is 2.26. The molecule has 1 amide bonds. The summed E-state index contributed by atoms with van der Waals surface area (Å²) in [6.07, 6.45) is 2.98. The van der Waals surface area contributed by atoms with Crippen LogP contribution in [-0.4, -0.2) is 42.2 Å². The second-order valence-corrected chi connectivity index (χ2v) is 4.56. The van der Waals surface area contributed by atoms with E-state index in [0.717, 1.165) is 31.6 Å².